The van der Waals surface area contributed by atoms with Crippen LogP contribution in [-0.4, -0.2) is 21.3 Å². The first-order valence-electron chi connectivity index (χ1n) is 5.48. The molecule has 15 heavy (non-hydrogen) atoms. The van der Waals surface area contributed by atoms with Crippen LogP contribution in [0.4, 0.5) is 0 Å². The Morgan fingerprint density at radius 3 is 2.87 bits per heavy atom. The van der Waals surface area contributed by atoms with Crippen molar-refractivity contribution in [1.29, 1.82) is 0 Å². The van der Waals surface area contributed by atoms with E-state index >= 15 is 0 Å². The van der Waals surface area contributed by atoms with Gasteiger partial charge in [-0.25, -0.2) is 4.98 Å². The molecule has 1 N–H and O–H groups in total. The summed E-state index contributed by atoms with van der Waals surface area (Å²) in [6.07, 6.45) is 5.77. The van der Waals surface area contributed by atoms with Crippen LogP contribution in [0.3, 0.4) is 0 Å². The van der Waals surface area contributed by atoms with Crippen LogP contribution in [0, 0.1) is 0 Å². The molecule has 1 aliphatic rings. The van der Waals surface area contributed by atoms with Crippen LogP contribution in [0.25, 0.3) is 0 Å². The fourth-order valence-corrected chi connectivity index (χ4v) is 1.78. The average Bonchev–Trinajstić information content (AvgIpc) is 2.14. The number of aromatic nitrogens is 2. The maximum atomic E-state index is 11.6. The summed E-state index contributed by atoms with van der Waals surface area (Å²) in [5.41, 5.74) is 0.937. The first kappa shape index (κ1) is 10.4. The molecule has 0 saturated heterocycles. The van der Waals surface area contributed by atoms with Crippen molar-refractivity contribution in [3.63, 3.8) is 0 Å². The topological polar surface area (TPSA) is 55.1 Å². The highest BCUT2D eigenvalue weighted by Crippen LogP contribution is 2.34. The van der Waals surface area contributed by atoms with E-state index in [1.807, 2.05) is 0 Å². The molecule has 1 aliphatic carbocycles. The summed E-state index contributed by atoms with van der Waals surface area (Å²) >= 11 is 0. The zero-order valence-electron chi connectivity index (χ0n) is 8.72. The Bertz CT molecular complexity index is 382. The molecular weight excluding hydrogens is 192 g/mol. The number of nitrogens with zero attached hydrogens (tertiary/aromatic N) is 2. The lowest BCUT2D eigenvalue weighted by molar-refractivity contribution is 0.278. The van der Waals surface area contributed by atoms with E-state index in [2.05, 4.69) is 4.98 Å². The van der Waals surface area contributed by atoms with Gasteiger partial charge in [0.1, 0.15) is 0 Å². The van der Waals surface area contributed by atoms with Crippen molar-refractivity contribution in [1.82, 2.24) is 9.55 Å². The summed E-state index contributed by atoms with van der Waals surface area (Å²) in [4.78, 5) is 15.9. The first-order chi connectivity index (χ1) is 7.31. The van der Waals surface area contributed by atoms with Crippen molar-refractivity contribution in [2.75, 3.05) is 6.61 Å². The van der Waals surface area contributed by atoms with E-state index in [4.69, 9.17) is 5.11 Å². The van der Waals surface area contributed by atoms with Crippen LogP contribution in [0.5, 0.6) is 0 Å². The fourth-order valence-electron chi connectivity index (χ4n) is 1.78. The van der Waals surface area contributed by atoms with E-state index in [1.165, 1.54) is 6.42 Å². The molecule has 0 amide bonds. The Labute approximate surface area is 88.6 Å². The highest BCUT2D eigenvalue weighted by atomic mass is 16.3. The van der Waals surface area contributed by atoms with E-state index in [1.54, 1.807) is 17.0 Å². The van der Waals surface area contributed by atoms with Gasteiger partial charge < -0.3 is 5.11 Å². The fraction of sp³-hybridized carbons (Fsp3) is 0.636. The smallest absolute Gasteiger partial charge is 0.253 e. The van der Waals surface area contributed by atoms with Gasteiger partial charge in [0.25, 0.3) is 5.56 Å². The monoisotopic (exact) mass is 208 g/mol. The van der Waals surface area contributed by atoms with Crippen molar-refractivity contribution in [2.45, 2.75) is 38.1 Å². The highest BCUT2D eigenvalue weighted by molar-refractivity contribution is 5.09. The van der Waals surface area contributed by atoms with Crippen molar-refractivity contribution in [3.05, 3.63) is 28.4 Å². The van der Waals surface area contributed by atoms with Gasteiger partial charge in [-0.3, -0.25) is 9.36 Å². The standard InChI is InChI=1S/C11H16N2O2/c14-6-2-5-13-8-12-10(7-11(13)15)9-3-1-4-9/h7-9,14H,1-6H2. The SMILES string of the molecule is O=c1cc(C2CCC2)ncn1CCCO. The number of aryl methyl sites for hydroxylation is 1. The van der Waals surface area contributed by atoms with Gasteiger partial charge in [-0.2, -0.15) is 0 Å². The van der Waals surface area contributed by atoms with Gasteiger partial charge in [0.2, 0.25) is 0 Å². The van der Waals surface area contributed by atoms with E-state index in [9.17, 15) is 4.79 Å². The van der Waals surface area contributed by atoms with Gasteiger partial charge in [0.15, 0.2) is 0 Å². The largest absolute Gasteiger partial charge is 0.396 e. The molecule has 1 heterocycles. The molecule has 0 unspecified atom stereocenters. The molecule has 1 fully saturated rings. The third kappa shape index (κ3) is 2.26. The second kappa shape index (κ2) is 4.57. The summed E-state index contributed by atoms with van der Waals surface area (Å²) in [6.45, 7) is 0.657. The Morgan fingerprint density at radius 1 is 1.53 bits per heavy atom. The molecular formula is C11H16N2O2. The van der Waals surface area contributed by atoms with Crippen molar-refractivity contribution in [3.8, 4) is 0 Å². The molecule has 0 atom stereocenters. The molecule has 0 bridgehead atoms. The van der Waals surface area contributed by atoms with Crippen LogP contribution in [0.15, 0.2) is 17.2 Å². The summed E-state index contributed by atoms with van der Waals surface area (Å²) in [5.74, 6) is 0.505. The number of rotatable bonds is 4. The average molecular weight is 208 g/mol. The van der Waals surface area contributed by atoms with Crippen LogP contribution < -0.4 is 5.56 Å². The Hall–Kier alpha value is -1.16. The van der Waals surface area contributed by atoms with Crippen LogP contribution in [-0.2, 0) is 6.54 Å². The zero-order chi connectivity index (χ0) is 10.7. The van der Waals surface area contributed by atoms with E-state index in [0.29, 0.717) is 18.9 Å². The second-order valence-corrected chi connectivity index (χ2v) is 4.05. The van der Waals surface area contributed by atoms with E-state index in [0.717, 1.165) is 18.5 Å². The number of hydrogen-bond donors (Lipinski definition) is 1. The highest BCUT2D eigenvalue weighted by Gasteiger charge is 2.21. The lowest BCUT2D eigenvalue weighted by Crippen LogP contribution is -2.23. The summed E-state index contributed by atoms with van der Waals surface area (Å²) in [6, 6.07) is 1.64. The lowest BCUT2D eigenvalue weighted by Gasteiger charge is -2.24. The van der Waals surface area contributed by atoms with Crippen LogP contribution in [0.1, 0.15) is 37.3 Å². The third-order valence-electron chi connectivity index (χ3n) is 2.98. The summed E-state index contributed by atoms with van der Waals surface area (Å²) in [5, 5.41) is 8.67. The number of aliphatic hydroxyl groups excluding tert-OH is 1. The minimum absolute atomic E-state index is 0.000324. The summed E-state index contributed by atoms with van der Waals surface area (Å²) in [7, 11) is 0. The molecule has 4 nitrogen and oxygen atoms in total. The summed E-state index contributed by atoms with van der Waals surface area (Å²) < 4.78 is 1.55. The van der Waals surface area contributed by atoms with Gasteiger partial charge in [-0.05, 0) is 19.3 Å². The predicted octanol–water partition coefficient (Wildman–Crippen LogP) is 0.893. The zero-order valence-corrected chi connectivity index (χ0v) is 8.72. The Balaban J connectivity index is 2.11. The molecule has 1 aromatic heterocycles. The van der Waals surface area contributed by atoms with Gasteiger partial charge in [-0.1, -0.05) is 6.42 Å². The molecule has 0 aromatic carbocycles. The van der Waals surface area contributed by atoms with Gasteiger partial charge >= 0.3 is 0 Å². The van der Waals surface area contributed by atoms with Crippen molar-refractivity contribution in [2.24, 2.45) is 0 Å². The first-order valence-corrected chi connectivity index (χ1v) is 5.48. The van der Waals surface area contributed by atoms with Gasteiger partial charge in [0, 0.05) is 25.1 Å². The molecule has 0 aliphatic heterocycles. The van der Waals surface area contributed by atoms with Gasteiger partial charge in [0.05, 0.1) is 12.0 Å². The molecule has 4 heteroatoms. The normalized spacial score (nSPS) is 16.3. The molecule has 1 aromatic rings. The quantitative estimate of drug-likeness (QED) is 0.799. The predicted molar refractivity (Wildman–Crippen MR) is 56.8 cm³/mol. The Kier molecular flexibility index (Phi) is 3.16. The molecule has 1 saturated carbocycles. The van der Waals surface area contributed by atoms with Crippen molar-refractivity contribution >= 4 is 0 Å². The van der Waals surface area contributed by atoms with Crippen LogP contribution in [0.2, 0.25) is 0 Å². The minimum Gasteiger partial charge on any atom is -0.396 e. The maximum absolute atomic E-state index is 11.6. The minimum atomic E-state index is 0.000324. The number of hydrogen-bond acceptors (Lipinski definition) is 3. The van der Waals surface area contributed by atoms with Crippen LogP contribution >= 0.6 is 0 Å². The van der Waals surface area contributed by atoms with E-state index < -0.39 is 0 Å². The molecule has 0 radical (unpaired) electrons. The second-order valence-electron chi connectivity index (χ2n) is 4.05. The Morgan fingerprint density at radius 2 is 2.33 bits per heavy atom. The number of aliphatic hydroxyl groups is 1. The molecule has 82 valence electrons. The molecule has 2 rings (SSSR count). The van der Waals surface area contributed by atoms with E-state index in [-0.39, 0.29) is 12.2 Å². The third-order valence-corrected chi connectivity index (χ3v) is 2.98. The lowest BCUT2D eigenvalue weighted by atomic mass is 9.83. The molecule has 0 spiro atoms. The van der Waals surface area contributed by atoms with Crippen molar-refractivity contribution < 1.29 is 5.11 Å². The van der Waals surface area contributed by atoms with Gasteiger partial charge in [-0.15, -0.1) is 0 Å². The maximum Gasteiger partial charge on any atom is 0.253 e.